The Bertz CT molecular complexity index is 1060. The number of amidine groups is 1. The minimum Gasteiger partial charge on any atom is -0.395 e. The zero-order valence-corrected chi connectivity index (χ0v) is 19.7. The number of hydrogen-bond donors (Lipinski definition) is 3. The second-order valence-electron chi connectivity index (χ2n) is 8.87. The van der Waals surface area contributed by atoms with Crippen molar-refractivity contribution in [2.75, 3.05) is 25.0 Å². The van der Waals surface area contributed by atoms with Crippen molar-refractivity contribution in [3.8, 4) is 11.1 Å². The summed E-state index contributed by atoms with van der Waals surface area (Å²) in [7, 11) is 0. The normalized spacial score (nSPS) is 24.8. The Balaban J connectivity index is 1.63. The monoisotopic (exact) mass is 450 g/mol. The van der Waals surface area contributed by atoms with Gasteiger partial charge in [0.1, 0.15) is 11.9 Å². The smallest absolute Gasteiger partial charge is 0.127 e. The van der Waals surface area contributed by atoms with Crippen LogP contribution in [0.2, 0.25) is 0 Å². The van der Waals surface area contributed by atoms with Crippen LogP contribution in [0.1, 0.15) is 25.8 Å². The predicted molar refractivity (Wildman–Crippen MR) is 135 cm³/mol. The van der Waals surface area contributed by atoms with Crippen LogP contribution in [0.3, 0.4) is 0 Å². The average molecular weight is 451 g/mol. The van der Waals surface area contributed by atoms with Gasteiger partial charge in [-0.1, -0.05) is 61.0 Å². The molecule has 3 N–H and O–H groups in total. The van der Waals surface area contributed by atoms with Crippen molar-refractivity contribution in [1.29, 1.82) is 0 Å². The summed E-state index contributed by atoms with van der Waals surface area (Å²) in [5.74, 6) is 0.858. The maximum absolute atomic E-state index is 9.05. The van der Waals surface area contributed by atoms with Crippen molar-refractivity contribution in [2.45, 2.75) is 39.3 Å². The molecule has 32 heavy (non-hydrogen) atoms. The van der Waals surface area contributed by atoms with Crippen LogP contribution >= 0.6 is 11.6 Å². The zero-order chi connectivity index (χ0) is 22.7. The molecule has 5 nitrogen and oxygen atoms in total. The van der Waals surface area contributed by atoms with Gasteiger partial charge in [0.15, 0.2) is 0 Å². The molecular formula is C26H31ClN4O. The van der Waals surface area contributed by atoms with Crippen LogP contribution < -0.4 is 10.6 Å². The second-order valence-corrected chi connectivity index (χ2v) is 9.25. The number of aliphatic hydroxyl groups excluding tert-OH is 1. The van der Waals surface area contributed by atoms with Gasteiger partial charge < -0.3 is 15.7 Å². The summed E-state index contributed by atoms with van der Waals surface area (Å²) in [4.78, 5) is 9.84. The predicted octanol–water partition coefficient (Wildman–Crippen LogP) is 4.80. The first-order chi connectivity index (χ1) is 15.4. The number of nitrogens with zero attached hydrogens (tertiary/aromatic N) is 2. The van der Waals surface area contributed by atoms with Crippen molar-refractivity contribution in [3.05, 3.63) is 64.7 Å². The lowest BCUT2D eigenvalue weighted by molar-refractivity contribution is 0.293. The molecule has 0 bridgehead atoms. The fraction of sp³-hybridized carbons (Fsp3) is 0.385. The van der Waals surface area contributed by atoms with Gasteiger partial charge in [-0.2, -0.15) is 0 Å². The van der Waals surface area contributed by atoms with Crippen LogP contribution in [-0.2, 0) is 0 Å². The van der Waals surface area contributed by atoms with Crippen molar-refractivity contribution in [1.82, 2.24) is 5.32 Å². The van der Waals surface area contributed by atoms with Crippen molar-refractivity contribution in [3.63, 3.8) is 0 Å². The Morgan fingerprint density at radius 1 is 1.16 bits per heavy atom. The summed E-state index contributed by atoms with van der Waals surface area (Å²) in [6, 6.07) is 16.7. The highest BCUT2D eigenvalue weighted by Crippen LogP contribution is 2.47. The highest BCUT2D eigenvalue weighted by molar-refractivity contribution is 6.33. The Morgan fingerprint density at radius 2 is 1.94 bits per heavy atom. The lowest BCUT2D eigenvalue weighted by Crippen LogP contribution is -2.49. The lowest BCUT2D eigenvalue weighted by atomic mass is 9.72. The van der Waals surface area contributed by atoms with Gasteiger partial charge in [-0.05, 0) is 48.6 Å². The van der Waals surface area contributed by atoms with E-state index in [4.69, 9.17) is 26.7 Å². The molecule has 168 valence electrons. The summed E-state index contributed by atoms with van der Waals surface area (Å²) < 4.78 is 0. The third-order valence-electron chi connectivity index (χ3n) is 6.39. The molecule has 0 amide bonds. The van der Waals surface area contributed by atoms with Crippen LogP contribution in [0, 0.1) is 12.3 Å². The minimum absolute atomic E-state index is 0.0983. The Labute approximate surface area is 195 Å². The number of dihydropyridines is 1. The fourth-order valence-corrected chi connectivity index (χ4v) is 5.08. The molecule has 0 fully saturated rings. The number of aliphatic hydroxyl groups is 1. The van der Waals surface area contributed by atoms with E-state index in [2.05, 4.69) is 73.9 Å². The third kappa shape index (κ3) is 4.38. The van der Waals surface area contributed by atoms with E-state index in [1.54, 1.807) is 0 Å². The van der Waals surface area contributed by atoms with Gasteiger partial charge in [-0.15, -0.1) is 0 Å². The molecule has 3 atom stereocenters. The van der Waals surface area contributed by atoms with Crippen LogP contribution in [0.4, 0.5) is 5.69 Å². The van der Waals surface area contributed by atoms with E-state index < -0.39 is 0 Å². The molecule has 4 rings (SSSR count). The maximum atomic E-state index is 9.05. The van der Waals surface area contributed by atoms with Crippen molar-refractivity contribution < 1.29 is 5.11 Å². The summed E-state index contributed by atoms with van der Waals surface area (Å²) in [5.41, 5.74) is 5.27. The van der Waals surface area contributed by atoms with E-state index >= 15 is 0 Å². The number of halogens is 1. The highest BCUT2D eigenvalue weighted by Gasteiger charge is 2.47. The molecule has 2 aromatic rings. The number of rotatable bonds is 6. The molecule has 0 saturated heterocycles. The van der Waals surface area contributed by atoms with E-state index in [1.807, 2.05) is 12.3 Å². The topological polar surface area (TPSA) is 69.0 Å². The summed E-state index contributed by atoms with van der Waals surface area (Å²) in [6.45, 7) is 7.67. The first-order valence-corrected chi connectivity index (χ1v) is 11.6. The number of aliphatic imine (C=N–C) groups is 2. The van der Waals surface area contributed by atoms with Gasteiger partial charge >= 0.3 is 0 Å². The Morgan fingerprint density at radius 3 is 2.69 bits per heavy atom. The lowest BCUT2D eigenvalue weighted by Gasteiger charge is -2.43. The van der Waals surface area contributed by atoms with E-state index in [-0.39, 0.29) is 24.1 Å². The van der Waals surface area contributed by atoms with Crippen molar-refractivity contribution >= 4 is 29.3 Å². The largest absolute Gasteiger partial charge is 0.395 e. The summed E-state index contributed by atoms with van der Waals surface area (Å²) in [6.07, 6.45) is 2.70. The average Bonchev–Trinajstić information content (AvgIpc) is 2.78. The van der Waals surface area contributed by atoms with E-state index in [1.165, 1.54) is 16.7 Å². The molecule has 2 heterocycles. The summed E-state index contributed by atoms with van der Waals surface area (Å²) in [5, 5.41) is 16.7. The number of nitrogens with one attached hydrogen (secondary N) is 2. The van der Waals surface area contributed by atoms with E-state index in [0.717, 1.165) is 28.5 Å². The molecule has 2 aromatic carbocycles. The molecule has 2 aliphatic rings. The molecule has 0 saturated carbocycles. The Kier molecular flexibility index (Phi) is 6.79. The Hall–Kier alpha value is -2.47. The quantitative estimate of drug-likeness (QED) is 0.554. The summed E-state index contributed by atoms with van der Waals surface area (Å²) >= 11 is 6.95. The third-order valence-corrected chi connectivity index (χ3v) is 7.06. The number of benzene rings is 2. The molecular weight excluding hydrogens is 420 g/mol. The van der Waals surface area contributed by atoms with Crippen LogP contribution in [-0.4, -0.2) is 48.9 Å². The molecule has 0 aromatic heterocycles. The van der Waals surface area contributed by atoms with Crippen molar-refractivity contribution in [2.24, 2.45) is 15.4 Å². The van der Waals surface area contributed by atoms with E-state index in [9.17, 15) is 0 Å². The van der Waals surface area contributed by atoms with Gasteiger partial charge in [0.25, 0.3) is 0 Å². The minimum atomic E-state index is -0.318. The number of anilines is 1. The zero-order valence-electron chi connectivity index (χ0n) is 18.9. The van der Waals surface area contributed by atoms with Gasteiger partial charge in [0.2, 0.25) is 0 Å². The number of fused-ring (bicyclic) bond motifs is 1. The van der Waals surface area contributed by atoms with Gasteiger partial charge in [-0.3, -0.25) is 9.98 Å². The van der Waals surface area contributed by atoms with Gasteiger partial charge in [0.05, 0.1) is 12.6 Å². The molecule has 2 aliphatic heterocycles. The number of hydrogen-bond acceptors (Lipinski definition) is 5. The van der Waals surface area contributed by atoms with Gasteiger partial charge in [-0.25, -0.2) is 0 Å². The van der Waals surface area contributed by atoms with Crippen LogP contribution in [0.15, 0.2) is 69.1 Å². The standard InChI is InChI=1S/C26H31ClN4O/c1-17-14-26(3)23(27)20(15-28-12-13-32)16-29-24(26)25(30-17)31-22-11-7-10-21(18(22)2)19-8-5-4-6-9-19/h4-11,16-17,24,28,32H,12-15H2,1-3H3,(H,30,31). The SMILES string of the molecule is Cc1c(NC2=NC(C)CC3(C)C(Cl)=C(CNCCO)C=NC23)cccc1-c1ccccc1. The molecule has 3 unspecified atom stereocenters. The van der Waals surface area contributed by atoms with Crippen LogP contribution in [0.5, 0.6) is 0 Å². The second kappa shape index (κ2) is 9.57. The van der Waals surface area contributed by atoms with E-state index in [0.29, 0.717) is 13.1 Å². The molecule has 6 heteroatoms. The molecule has 0 spiro atoms. The van der Waals surface area contributed by atoms with Gasteiger partial charge in [0, 0.05) is 35.4 Å². The van der Waals surface area contributed by atoms with Crippen LogP contribution in [0.25, 0.3) is 11.1 Å². The fourth-order valence-electron chi connectivity index (χ4n) is 4.78. The first kappa shape index (κ1) is 22.7. The highest BCUT2D eigenvalue weighted by atomic mass is 35.5. The molecule has 0 radical (unpaired) electrons. The first-order valence-electron chi connectivity index (χ1n) is 11.2. The maximum Gasteiger partial charge on any atom is 0.127 e. The molecule has 0 aliphatic carbocycles.